The summed E-state index contributed by atoms with van der Waals surface area (Å²) in [7, 11) is 0. The number of nitrogens with zero attached hydrogens (tertiary/aromatic N) is 2. The summed E-state index contributed by atoms with van der Waals surface area (Å²) in [4.78, 5) is 26.9. The van der Waals surface area contributed by atoms with E-state index in [1.165, 1.54) is 6.07 Å². The molecule has 1 aliphatic rings. The molecule has 1 heterocycles. The summed E-state index contributed by atoms with van der Waals surface area (Å²) < 4.78 is 38.4. The van der Waals surface area contributed by atoms with Crippen LogP contribution in [0.1, 0.15) is 25.3 Å². The van der Waals surface area contributed by atoms with E-state index >= 15 is 0 Å². The van der Waals surface area contributed by atoms with Crippen LogP contribution in [0.5, 0.6) is 0 Å². The molecule has 0 radical (unpaired) electrons. The predicted molar refractivity (Wildman–Crippen MR) is 88.2 cm³/mol. The number of amides is 2. The molecule has 0 aliphatic carbocycles. The zero-order valence-electron chi connectivity index (χ0n) is 14.1. The largest absolute Gasteiger partial charge is 0.416 e. The number of carbonyl (C=O) groups is 2. The summed E-state index contributed by atoms with van der Waals surface area (Å²) in [5.41, 5.74) is -0.180. The minimum atomic E-state index is -4.37. The topological polar surface area (TPSA) is 52.7 Å². The molecule has 1 aromatic carbocycles. The van der Waals surface area contributed by atoms with Gasteiger partial charge in [-0.3, -0.25) is 9.59 Å². The summed E-state index contributed by atoms with van der Waals surface area (Å²) in [6, 6.07) is 5.20. The highest BCUT2D eigenvalue weighted by molar-refractivity contribution is 5.84. The van der Waals surface area contributed by atoms with Crippen molar-refractivity contribution >= 4 is 17.5 Å². The Morgan fingerprint density at radius 3 is 2.44 bits per heavy atom. The monoisotopic (exact) mass is 357 g/mol. The lowest BCUT2D eigenvalue weighted by Gasteiger charge is -2.36. The van der Waals surface area contributed by atoms with E-state index in [1.54, 1.807) is 11.0 Å². The van der Waals surface area contributed by atoms with E-state index in [-0.39, 0.29) is 18.4 Å². The van der Waals surface area contributed by atoms with E-state index in [0.29, 0.717) is 38.3 Å². The van der Waals surface area contributed by atoms with Gasteiger partial charge < -0.3 is 15.1 Å². The lowest BCUT2D eigenvalue weighted by atomic mass is 10.1. The molecule has 1 N–H and O–H groups in total. The van der Waals surface area contributed by atoms with Crippen LogP contribution >= 0.6 is 0 Å². The number of benzene rings is 1. The first-order chi connectivity index (χ1) is 11.8. The number of piperazine rings is 1. The second-order valence-corrected chi connectivity index (χ2v) is 5.94. The molecule has 0 aromatic heterocycles. The molecule has 8 heteroatoms. The Morgan fingerprint density at radius 2 is 1.84 bits per heavy atom. The van der Waals surface area contributed by atoms with Crippen LogP contribution in [-0.2, 0) is 15.8 Å². The number of halogens is 3. The van der Waals surface area contributed by atoms with Gasteiger partial charge in [-0.05, 0) is 24.6 Å². The summed E-state index contributed by atoms with van der Waals surface area (Å²) in [6.07, 6.45) is -3.27. The van der Waals surface area contributed by atoms with Crippen molar-refractivity contribution in [1.82, 2.24) is 10.2 Å². The summed E-state index contributed by atoms with van der Waals surface area (Å²) in [5.74, 6) is -0.327. The first-order valence-electron chi connectivity index (χ1n) is 8.28. The third kappa shape index (κ3) is 5.37. The molecule has 1 fully saturated rings. The molecule has 0 saturated carbocycles. The molecular formula is C17H22F3N3O2. The van der Waals surface area contributed by atoms with Gasteiger partial charge in [-0.2, -0.15) is 13.2 Å². The van der Waals surface area contributed by atoms with Gasteiger partial charge in [0.1, 0.15) is 0 Å². The number of rotatable bonds is 5. The van der Waals surface area contributed by atoms with Gasteiger partial charge in [0.15, 0.2) is 0 Å². The summed E-state index contributed by atoms with van der Waals surface area (Å²) in [5, 5.41) is 2.58. The normalized spacial score (nSPS) is 15.2. The molecule has 0 spiro atoms. The molecule has 5 nitrogen and oxygen atoms in total. The van der Waals surface area contributed by atoms with Gasteiger partial charge in [-0.25, -0.2) is 0 Å². The summed E-state index contributed by atoms with van der Waals surface area (Å²) >= 11 is 0. The number of alkyl halides is 3. The van der Waals surface area contributed by atoms with Gasteiger partial charge in [0.2, 0.25) is 11.8 Å². The molecule has 1 aromatic rings. The van der Waals surface area contributed by atoms with Crippen molar-refractivity contribution in [2.75, 3.05) is 37.6 Å². The Morgan fingerprint density at radius 1 is 1.16 bits per heavy atom. The molecule has 25 heavy (non-hydrogen) atoms. The highest BCUT2D eigenvalue weighted by Gasteiger charge is 2.31. The van der Waals surface area contributed by atoms with Crippen molar-refractivity contribution in [1.29, 1.82) is 0 Å². The van der Waals surface area contributed by atoms with Crippen LogP contribution in [0.25, 0.3) is 0 Å². The Labute approximate surface area is 144 Å². The van der Waals surface area contributed by atoms with Gasteiger partial charge in [0.05, 0.1) is 12.1 Å². The molecule has 0 unspecified atom stereocenters. The van der Waals surface area contributed by atoms with Crippen molar-refractivity contribution in [3.8, 4) is 0 Å². The van der Waals surface area contributed by atoms with Crippen LogP contribution in [0.2, 0.25) is 0 Å². The Kier molecular flexibility index (Phi) is 6.27. The maximum atomic E-state index is 12.8. The second-order valence-electron chi connectivity index (χ2n) is 5.94. The van der Waals surface area contributed by atoms with Crippen LogP contribution in [0, 0.1) is 0 Å². The highest BCUT2D eigenvalue weighted by Crippen LogP contribution is 2.31. The molecule has 0 bridgehead atoms. The van der Waals surface area contributed by atoms with Crippen LogP contribution in [0.3, 0.4) is 0 Å². The number of carbonyl (C=O) groups excluding carboxylic acids is 2. The number of hydrogen-bond donors (Lipinski definition) is 1. The first-order valence-corrected chi connectivity index (χ1v) is 8.28. The van der Waals surface area contributed by atoms with E-state index in [2.05, 4.69) is 5.32 Å². The third-order valence-electron chi connectivity index (χ3n) is 4.08. The second kappa shape index (κ2) is 8.22. The lowest BCUT2D eigenvalue weighted by Crippen LogP contribution is -2.51. The molecule has 2 amide bonds. The zero-order valence-corrected chi connectivity index (χ0v) is 14.1. The first kappa shape index (κ1) is 19.1. The van der Waals surface area contributed by atoms with Crippen molar-refractivity contribution in [2.45, 2.75) is 25.9 Å². The van der Waals surface area contributed by atoms with E-state index in [9.17, 15) is 22.8 Å². The van der Waals surface area contributed by atoms with Crippen LogP contribution in [-0.4, -0.2) is 49.4 Å². The van der Waals surface area contributed by atoms with Crippen molar-refractivity contribution in [3.63, 3.8) is 0 Å². The van der Waals surface area contributed by atoms with Crippen molar-refractivity contribution in [3.05, 3.63) is 29.8 Å². The van der Waals surface area contributed by atoms with Crippen LogP contribution < -0.4 is 10.2 Å². The average molecular weight is 357 g/mol. The molecule has 138 valence electrons. The van der Waals surface area contributed by atoms with Gasteiger partial charge in [0.25, 0.3) is 0 Å². The van der Waals surface area contributed by atoms with E-state index in [0.717, 1.165) is 18.6 Å². The maximum Gasteiger partial charge on any atom is 0.416 e. The van der Waals surface area contributed by atoms with Gasteiger partial charge in [-0.15, -0.1) is 0 Å². The fraction of sp³-hybridized carbons (Fsp3) is 0.529. The Balaban J connectivity index is 1.87. The fourth-order valence-corrected chi connectivity index (χ4v) is 2.69. The van der Waals surface area contributed by atoms with E-state index < -0.39 is 11.7 Å². The SMILES string of the molecule is CCCC(=O)NCC(=O)N1CCN(c2cccc(C(F)(F)F)c2)CC1. The number of anilines is 1. The van der Waals surface area contributed by atoms with Gasteiger partial charge >= 0.3 is 6.18 Å². The van der Waals surface area contributed by atoms with E-state index in [4.69, 9.17) is 0 Å². The smallest absolute Gasteiger partial charge is 0.368 e. The molecule has 2 rings (SSSR count). The van der Waals surface area contributed by atoms with E-state index in [1.807, 2.05) is 11.8 Å². The maximum absolute atomic E-state index is 12.8. The number of nitrogens with one attached hydrogen (secondary N) is 1. The van der Waals surface area contributed by atoms with Crippen molar-refractivity contribution < 1.29 is 22.8 Å². The zero-order chi connectivity index (χ0) is 18.4. The van der Waals surface area contributed by atoms with Crippen LogP contribution in [0.4, 0.5) is 18.9 Å². The van der Waals surface area contributed by atoms with Crippen molar-refractivity contribution in [2.24, 2.45) is 0 Å². The van der Waals surface area contributed by atoms with Crippen LogP contribution in [0.15, 0.2) is 24.3 Å². The van der Waals surface area contributed by atoms with Gasteiger partial charge in [0, 0.05) is 38.3 Å². The lowest BCUT2D eigenvalue weighted by molar-refractivity contribution is -0.137. The number of hydrogen-bond acceptors (Lipinski definition) is 3. The quantitative estimate of drug-likeness (QED) is 0.880. The minimum Gasteiger partial charge on any atom is -0.368 e. The summed E-state index contributed by atoms with van der Waals surface area (Å²) in [6.45, 7) is 3.58. The third-order valence-corrected chi connectivity index (χ3v) is 4.08. The highest BCUT2D eigenvalue weighted by atomic mass is 19.4. The molecule has 1 aliphatic heterocycles. The minimum absolute atomic E-state index is 0.0393. The molecule has 0 atom stereocenters. The molecule has 1 saturated heterocycles. The fourth-order valence-electron chi connectivity index (χ4n) is 2.69. The average Bonchev–Trinajstić information content (AvgIpc) is 2.59. The van der Waals surface area contributed by atoms with Gasteiger partial charge in [-0.1, -0.05) is 13.0 Å². The predicted octanol–water partition coefficient (Wildman–Crippen LogP) is 2.27. The standard InChI is InChI=1S/C17H22F3N3O2/c1-2-4-15(24)21-12-16(25)23-9-7-22(8-10-23)14-6-3-5-13(11-14)17(18,19)20/h3,5-6,11H,2,4,7-10,12H2,1H3,(H,21,24). The Bertz CT molecular complexity index is 611. The Hall–Kier alpha value is -2.25. The molecular weight excluding hydrogens is 335 g/mol.